The zero-order valence-electron chi connectivity index (χ0n) is 18.0. The Labute approximate surface area is 185 Å². The molecule has 8 heteroatoms. The number of hydrogen-bond donors (Lipinski definition) is 1. The normalized spacial score (nSPS) is 10.8. The quantitative estimate of drug-likeness (QED) is 0.411. The molecule has 162 valence electrons. The Hall–Kier alpha value is -4.12. The molecule has 0 unspecified atom stereocenters. The summed E-state index contributed by atoms with van der Waals surface area (Å²) in [5.41, 5.74) is 2.19. The number of carbonyl (C=O) groups is 1. The Morgan fingerprint density at radius 3 is 2.78 bits per heavy atom. The van der Waals surface area contributed by atoms with Gasteiger partial charge in [0.2, 0.25) is 5.78 Å². The summed E-state index contributed by atoms with van der Waals surface area (Å²) in [7, 11) is 1.53. The van der Waals surface area contributed by atoms with Gasteiger partial charge in [0.15, 0.2) is 17.3 Å². The second-order valence-corrected chi connectivity index (χ2v) is 7.26. The van der Waals surface area contributed by atoms with Crippen molar-refractivity contribution in [2.45, 2.75) is 26.2 Å². The van der Waals surface area contributed by atoms with Crippen LogP contribution < -0.4 is 14.8 Å². The highest BCUT2D eigenvalue weighted by Crippen LogP contribution is 2.29. The van der Waals surface area contributed by atoms with E-state index in [9.17, 15) is 10.1 Å². The van der Waals surface area contributed by atoms with E-state index in [1.54, 1.807) is 28.8 Å². The van der Waals surface area contributed by atoms with Crippen LogP contribution in [0.4, 0.5) is 5.82 Å². The molecule has 0 saturated carbocycles. The average Bonchev–Trinajstić information content (AvgIpc) is 3.18. The molecule has 4 rings (SSSR count). The van der Waals surface area contributed by atoms with Crippen molar-refractivity contribution in [1.82, 2.24) is 14.4 Å². The fraction of sp³-hybridized carbons (Fsp3) is 0.250. The number of methoxy groups -OCH3 is 1. The minimum Gasteiger partial charge on any atom is -0.493 e. The van der Waals surface area contributed by atoms with Crippen molar-refractivity contribution in [1.29, 1.82) is 5.26 Å². The molecule has 0 spiro atoms. The topological polar surface area (TPSA) is 102 Å². The van der Waals surface area contributed by atoms with E-state index in [0.717, 1.165) is 30.3 Å². The van der Waals surface area contributed by atoms with Gasteiger partial charge in [-0.05, 0) is 36.8 Å². The number of benzene rings is 2. The first-order chi connectivity index (χ1) is 15.6. The maximum absolute atomic E-state index is 12.9. The summed E-state index contributed by atoms with van der Waals surface area (Å²) in [6.07, 6.45) is 4.78. The van der Waals surface area contributed by atoms with Crippen LogP contribution in [0.3, 0.4) is 0 Å². The van der Waals surface area contributed by atoms with Crippen LogP contribution in [0, 0.1) is 11.3 Å². The molecule has 2 aromatic carbocycles. The van der Waals surface area contributed by atoms with Gasteiger partial charge in [0.05, 0.1) is 24.8 Å². The third-order valence-corrected chi connectivity index (χ3v) is 5.09. The molecule has 2 heterocycles. The predicted molar refractivity (Wildman–Crippen MR) is 121 cm³/mol. The zero-order chi connectivity index (χ0) is 22.5. The molecule has 0 atom stereocenters. The number of amides is 1. The summed E-state index contributed by atoms with van der Waals surface area (Å²) in [5, 5.41) is 12.3. The van der Waals surface area contributed by atoms with Gasteiger partial charge >= 0.3 is 0 Å². The number of nitrogens with zero attached hydrogens (tertiary/aromatic N) is 4. The first-order valence-electron chi connectivity index (χ1n) is 10.4. The summed E-state index contributed by atoms with van der Waals surface area (Å²) in [5.74, 6) is 1.19. The van der Waals surface area contributed by atoms with Crippen LogP contribution in [-0.4, -0.2) is 34.0 Å². The first-order valence-corrected chi connectivity index (χ1v) is 10.4. The van der Waals surface area contributed by atoms with Crippen molar-refractivity contribution in [2.24, 2.45) is 0 Å². The van der Waals surface area contributed by atoms with Crippen LogP contribution in [-0.2, 0) is 0 Å². The Kier molecular flexibility index (Phi) is 6.17. The molecule has 1 amide bonds. The number of imidazole rings is 1. The number of nitriles is 1. The standard InChI is InChI=1S/C24H23N5O3/c1-3-4-7-12-32-20-11-10-16(13-21(20)31-2)23(30)27-22-17(14-25)15-29-19-9-6-5-8-18(19)26-24(29)28-22/h5-6,8-11,13,15H,3-4,7,12H2,1-2H3,(H,26,27,28,30). The molecule has 2 aromatic heterocycles. The van der Waals surface area contributed by atoms with Gasteiger partial charge in [0, 0.05) is 11.8 Å². The molecule has 1 N–H and O–H groups in total. The largest absolute Gasteiger partial charge is 0.493 e. The van der Waals surface area contributed by atoms with E-state index < -0.39 is 5.91 Å². The van der Waals surface area contributed by atoms with E-state index in [1.807, 2.05) is 24.3 Å². The van der Waals surface area contributed by atoms with Gasteiger partial charge in [-0.15, -0.1) is 0 Å². The number of para-hydroxylation sites is 2. The molecule has 8 nitrogen and oxygen atoms in total. The Morgan fingerprint density at radius 1 is 1.16 bits per heavy atom. The monoisotopic (exact) mass is 429 g/mol. The van der Waals surface area contributed by atoms with Gasteiger partial charge in [-0.2, -0.15) is 10.2 Å². The number of ether oxygens (including phenoxy) is 2. The van der Waals surface area contributed by atoms with Gasteiger partial charge < -0.3 is 14.8 Å². The summed E-state index contributed by atoms with van der Waals surface area (Å²) in [6.45, 7) is 2.72. The molecule has 0 radical (unpaired) electrons. The first kappa shape index (κ1) is 21.1. The van der Waals surface area contributed by atoms with Crippen molar-refractivity contribution in [3.8, 4) is 17.6 Å². The molecule has 32 heavy (non-hydrogen) atoms. The third-order valence-electron chi connectivity index (χ3n) is 5.09. The maximum atomic E-state index is 12.9. The molecule has 0 saturated heterocycles. The van der Waals surface area contributed by atoms with Crippen molar-refractivity contribution in [2.75, 3.05) is 19.0 Å². The van der Waals surface area contributed by atoms with Crippen molar-refractivity contribution >= 4 is 28.5 Å². The van der Waals surface area contributed by atoms with E-state index >= 15 is 0 Å². The second kappa shape index (κ2) is 9.35. The van der Waals surface area contributed by atoms with Crippen molar-refractivity contribution in [3.05, 3.63) is 59.8 Å². The number of aromatic nitrogens is 3. The van der Waals surface area contributed by atoms with Gasteiger partial charge in [-0.3, -0.25) is 9.20 Å². The fourth-order valence-electron chi connectivity index (χ4n) is 3.41. The van der Waals surface area contributed by atoms with E-state index in [1.165, 1.54) is 7.11 Å². The van der Waals surface area contributed by atoms with E-state index in [-0.39, 0.29) is 11.4 Å². The summed E-state index contributed by atoms with van der Waals surface area (Å²) in [6, 6.07) is 14.6. The molecular weight excluding hydrogens is 406 g/mol. The average molecular weight is 429 g/mol. The Balaban J connectivity index is 1.59. The minimum atomic E-state index is -0.412. The van der Waals surface area contributed by atoms with Crippen LogP contribution in [0.1, 0.15) is 42.1 Å². The Morgan fingerprint density at radius 2 is 2.00 bits per heavy atom. The lowest BCUT2D eigenvalue weighted by molar-refractivity contribution is 0.102. The van der Waals surface area contributed by atoms with Gasteiger partial charge in [0.25, 0.3) is 5.91 Å². The lowest BCUT2D eigenvalue weighted by atomic mass is 10.2. The van der Waals surface area contributed by atoms with Crippen molar-refractivity contribution in [3.63, 3.8) is 0 Å². The molecule has 0 bridgehead atoms. The van der Waals surface area contributed by atoms with Crippen LogP contribution >= 0.6 is 0 Å². The lowest BCUT2D eigenvalue weighted by Crippen LogP contribution is -2.15. The van der Waals surface area contributed by atoms with Crippen LogP contribution in [0.15, 0.2) is 48.7 Å². The molecule has 0 fully saturated rings. The molecular formula is C24H23N5O3. The highest BCUT2D eigenvalue weighted by molar-refractivity contribution is 6.05. The van der Waals surface area contributed by atoms with Crippen molar-refractivity contribution < 1.29 is 14.3 Å². The molecule has 0 aliphatic rings. The van der Waals surface area contributed by atoms with Crippen LogP contribution in [0.2, 0.25) is 0 Å². The number of fused-ring (bicyclic) bond motifs is 3. The number of hydrogen-bond acceptors (Lipinski definition) is 6. The van der Waals surface area contributed by atoms with Gasteiger partial charge in [0.1, 0.15) is 11.6 Å². The maximum Gasteiger partial charge on any atom is 0.256 e. The van der Waals surface area contributed by atoms with Crippen LogP contribution in [0.25, 0.3) is 16.8 Å². The third kappa shape index (κ3) is 4.18. The highest BCUT2D eigenvalue weighted by atomic mass is 16.5. The van der Waals surface area contributed by atoms with E-state index in [4.69, 9.17) is 9.47 Å². The number of carbonyl (C=O) groups excluding carboxylic acids is 1. The van der Waals surface area contributed by atoms with Crippen LogP contribution in [0.5, 0.6) is 11.5 Å². The fourth-order valence-corrected chi connectivity index (χ4v) is 3.41. The number of anilines is 1. The lowest BCUT2D eigenvalue weighted by Gasteiger charge is -2.12. The molecule has 0 aliphatic heterocycles. The second-order valence-electron chi connectivity index (χ2n) is 7.26. The Bertz CT molecular complexity index is 1320. The smallest absolute Gasteiger partial charge is 0.256 e. The van der Waals surface area contributed by atoms with E-state index in [2.05, 4.69) is 28.3 Å². The number of nitrogens with one attached hydrogen (secondary N) is 1. The summed E-state index contributed by atoms with van der Waals surface area (Å²) in [4.78, 5) is 21.8. The highest BCUT2D eigenvalue weighted by Gasteiger charge is 2.16. The SMILES string of the molecule is CCCCCOc1ccc(C(=O)Nc2nc3nc4ccccc4n3cc2C#N)cc1OC. The van der Waals surface area contributed by atoms with E-state index in [0.29, 0.717) is 29.4 Å². The van der Waals surface area contributed by atoms with Gasteiger partial charge in [-0.1, -0.05) is 31.9 Å². The minimum absolute atomic E-state index is 0.152. The molecule has 0 aliphatic carbocycles. The zero-order valence-corrected chi connectivity index (χ0v) is 18.0. The predicted octanol–water partition coefficient (Wildman–Crippen LogP) is 4.58. The molecule has 4 aromatic rings. The summed E-state index contributed by atoms with van der Waals surface area (Å²) < 4.78 is 12.9. The number of rotatable bonds is 8. The summed E-state index contributed by atoms with van der Waals surface area (Å²) >= 11 is 0. The number of unbranched alkanes of at least 4 members (excludes halogenated alkanes) is 2. The van der Waals surface area contributed by atoms with Gasteiger partial charge in [-0.25, -0.2) is 4.98 Å².